The molecule has 2 rings (SSSR count). The van der Waals surface area contributed by atoms with Crippen molar-refractivity contribution in [2.45, 2.75) is 64.1 Å². The van der Waals surface area contributed by atoms with Crippen molar-refractivity contribution in [1.82, 2.24) is 9.80 Å². The lowest BCUT2D eigenvalue weighted by Crippen LogP contribution is -2.60. The predicted molar refractivity (Wildman–Crippen MR) is 77.7 cm³/mol. The van der Waals surface area contributed by atoms with Crippen LogP contribution in [0.15, 0.2) is 0 Å². The number of nitrogens with two attached hydrogens (primary N) is 1. The molecule has 2 fully saturated rings. The van der Waals surface area contributed by atoms with E-state index in [1.165, 1.54) is 51.7 Å². The van der Waals surface area contributed by atoms with E-state index in [-0.39, 0.29) is 0 Å². The lowest BCUT2D eigenvalue weighted by molar-refractivity contribution is 0.0249. The minimum Gasteiger partial charge on any atom is -0.326 e. The maximum Gasteiger partial charge on any atom is 0.0253 e. The van der Waals surface area contributed by atoms with E-state index in [1.807, 2.05) is 0 Å². The molecule has 1 saturated carbocycles. The Labute approximate surface area is 113 Å². The Morgan fingerprint density at radius 1 is 1.22 bits per heavy atom. The smallest absolute Gasteiger partial charge is 0.0253 e. The Kier molecular flexibility index (Phi) is 5.05. The molecule has 1 aliphatic carbocycles. The van der Waals surface area contributed by atoms with E-state index in [0.29, 0.717) is 18.1 Å². The molecule has 0 aromatic carbocycles. The van der Waals surface area contributed by atoms with Gasteiger partial charge in [0, 0.05) is 37.8 Å². The van der Waals surface area contributed by atoms with Crippen LogP contribution >= 0.6 is 0 Å². The molecule has 1 aliphatic heterocycles. The molecule has 0 aromatic heterocycles. The van der Waals surface area contributed by atoms with Crippen LogP contribution in [0.1, 0.15) is 46.0 Å². The third kappa shape index (κ3) is 3.25. The van der Waals surface area contributed by atoms with Crippen molar-refractivity contribution in [3.8, 4) is 0 Å². The zero-order chi connectivity index (χ0) is 13.1. The summed E-state index contributed by atoms with van der Waals surface area (Å²) in [5, 5.41) is 0. The largest absolute Gasteiger partial charge is 0.326 e. The van der Waals surface area contributed by atoms with Gasteiger partial charge in [0.25, 0.3) is 0 Å². The summed E-state index contributed by atoms with van der Waals surface area (Å²) in [5.74, 6) is 0.923. The molecule has 106 valence electrons. The maximum atomic E-state index is 6.41. The van der Waals surface area contributed by atoms with E-state index in [4.69, 9.17) is 5.73 Å². The van der Waals surface area contributed by atoms with Crippen molar-refractivity contribution < 1.29 is 0 Å². The highest BCUT2D eigenvalue weighted by Crippen LogP contribution is 2.31. The van der Waals surface area contributed by atoms with Crippen LogP contribution in [-0.4, -0.2) is 54.6 Å². The third-order valence-corrected chi connectivity index (χ3v) is 4.98. The summed E-state index contributed by atoms with van der Waals surface area (Å²) >= 11 is 0. The van der Waals surface area contributed by atoms with E-state index in [0.717, 1.165) is 5.92 Å². The maximum absolute atomic E-state index is 6.41. The number of hydrogen-bond donors (Lipinski definition) is 1. The number of nitrogens with zero attached hydrogens (tertiary/aromatic N) is 2. The summed E-state index contributed by atoms with van der Waals surface area (Å²) in [4.78, 5) is 5.14. The zero-order valence-corrected chi connectivity index (χ0v) is 12.4. The highest BCUT2D eigenvalue weighted by Gasteiger charge is 2.35. The fourth-order valence-corrected chi connectivity index (χ4v) is 3.95. The molecule has 0 radical (unpaired) electrons. The van der Waals surface area contributed by atoms with Crippen molar-refractivity contribution in [2.75, 3.05) is 26.7 Å². The van der Waals surface area contributed by atoms with Crippen LogP contribution in [0.2, 0.25) is 0 Å². The van der Waals surface area contributed by atoms with Crippen LogP contribution in [0, 0.1) is 5.92 Å². The zero-order valence-electron chi connectivity index (χ0n) is 12.4. The summed E-state index contributed by atoms with van der Waals surface area (Å²) in [6, 6.07) is 1.71. The van der Waals surface area contributed by atoms with Gasteiger partial charge in [-0.3, -0.25) is 4.90 Å². The van der Waals surface area contributed by atoms with Gasteiger partial charge >= 0.3 is 0 Å². The van der Waals surface area contributed by atoms with Gasteiger partial charge in [-0.05, 0) is 39.2 Å². The molecule has 0 spiro atoms. The van der Waals surface area contributed by atoms with E-state index < -0.39 is 0 Å². The van der Waals surface area contributed by atoms with Gasteiger partial charge in [-0.15, -0.1) is 0 Å². The van der Waals surface area contributed by atoms with Crippen LogP contribution in [0.5, 0.6) is 0 Å². The summed E-state index contributed by atoms with van der Waals surface area (Å²) in [6.45, 7) is 8.27. The van der Waals surface area contributed by atoms with Crippen molar-refractivity contribution in [3.05, 3.63) is 0 Å². The summed E-state index contributed by atoms with van der Waals surface area (Å²) < 4.78 is 0. The van der Waals surface area contributed by atoms with Gasteiger partial charge in [0.2, 0.25) is 0 Å². The Bertz CT molecular complexity index is 256. The molecule has 3 heteroatoms. The first kappa shape index (κ1) is 14.3. The van der Waals surface area contributed by atoms with Crippen molar-refractivity contribution in [3.63, 3.8) is 0 Å². The number of rotatable bonds is 3. The fourth-order valence-electron chi connectivity index (χ4n) is 3.95. The summed E-state index contributed by atoms with van der Waals surface area (Å²) in [7, 11) is 2.23. The van der Waals surface area contributed by atoms with Crippen molar-refractivity contribution >= 4 is 0 Å². The molecule has 2 aliphatic rings. The summed E-state index contributed by atoms with van der Waals surface area (Å²) in [5.41, 5.74) is 6.41. The first-order chi connectivity index (χ1) is 8.61. The van der Waals surface area contributed by atoms with E-state index in [1.54, 1.807) is 0 Å². The highest BCUT2D eigenvalue weighted by atomic mass is 15.3. The van der Waals surface area contributed by atoms with Crippen LogP contribution in [0.4, 0.5) is 0 Å². The normalized spacial score (nSPS) is 40.0. The van der Waals surface area contributed by atoms with Gasteiger partial charge in [-0.2, -0.15) is 0 Å². The molecule has 4 atom stereocenters. The van der Waals surface area contributed by atoms with Crippen LogP contribution in [0.3, 0.4) is 0 Å². The lowest BCUT2D eigenvalue weighted by Gasteiger charge is -2.47. The lowest BCUT2D eigenvalue weighted by atomic mass is 9.79. The average molecular weight is 253 g/mol. The van der Waals surface area contributed by atoms with Gasteiger partial charge in [-0.1, -0.05) is 19.8 Å². The number of likely N-dealkylation sites (N-methyl/N-ethyl adjacent to an activating group) is 1. The monoisotopic (exact) mass is 253 g/mol. The molecule has 2 N–H and O–H groups in total. The standard InChI is InChI=1S/C15H31N3/c1-4-5-13-6-7-14(16)15(10-13)18-9-8-17(3)11-12(18)2/h12-15H,4-11,16H2,1-3H3. The second-order valence-corrected chi connectivity index (χ2v) is 6.55. The average Bonchev–Trinajstić information content (AvgIpc) is 2.33. The van der Waals surface area contributed by atoms with E-state index in [9.17, 15) is 0 Å². The van der Waals surface area contributed by atoms with Crippen LogP contribution in [0.25, 0.3) is 0 Å². The summed E-state index contributed by atoms with van der Waals surface area (Å²) in [6.07, 6.45) is 6.64. The minimum atomic E-state index is 0.406. The minimum absolute atomic E-state index is 0.406. The first-order valence-electron chi connectivity index (χ1n) is 7.81. The Balaban J connectivity index is 1.96. The van der Waals surface area contributed by atoms with Gasteiger partial charge in [0.1, 0.15) is 0 Å². The Morgan fingerprint density at radius 3 is 2.67 bits per heavy atom. The number of hydrogen-bond acceptors (Lipinski definition) is 3. The molecule has 3 nitrogen and oxygen atoms in total. The highest BCUT2D eigenvalue weighted by molar-refractivity contribution is 4.93. The second kappa shape index (κ2) is 6.36. The van der Waals surface area contributed by atoms with Gasteiger partial charge < -0.3 is 10.6 Å². The Morgan fingerprint density at radius 2 is 2.00 bits per heavy atom. The van der Waals surface area contributed by atoms with Gasteiger partial charge in [0.15, 0.2) is 0 Å². The second-order valence-electron chi connectivity index (χ2n) is 6.55. The Hall–Kier alpha value is -0.120. The SMILES string of the molecule is CCCC1CCC(N)C(N2CCN(C)CC2C)C1. The molecule has 1 heterocycles. The van der Waals surface area contributed by atoms with E-state index in [2.05, 4.69) is 30.7 Å². The van der Waals surface area contributed by atoms with Gasteiger partial charge in [-0.25, -0.2) is 0 Å². The molecule has 1 saturated heterocycles. The topological polar surface area (TPSA) is 32.5 Å². The first-order valence-corrected chi connectivity index (χ1v) is 7.81. The molecule has 0 aromatic rings. The van der Waals surface area contributed by atoms with Crippen molar-refractivity contribution in [2.24, 2.45) is 11.7 Å². The molecule has 18 heavy (non-hydrogen) atoms. The van der Waals surface area contributed by atoms with Crippen molar-refractivity contribution in [1.29, 1.82) is 0 Å². The van der Waals surface area contributed by atoms with Crippen LogP contribution in [-0.2, 0) is 0 Å². The fraction of sp³-hybridized carbons (Fsp3) is 1.00. The quantitative estimate of drug-likeness (QED) is 0.834. The third-order valence-electron chi connectivity index (χ3n) is 4.98. The molecule has 0 amide bonds. The molecule has 4 unspecified atom stereocenters. The van der Waals surface area contributed by atoms with Gasteiger partial charge in [0.05, 0.1) is 0 Å². The number of piperazine rings is 1. The molecule has 0 bridgehead atoms. The predicted octanol–water partition coefficient (Wildman–Crippen LogP) is 1.92. The van der Waals surface area contributed by atoms with Crippen LogP contribution < -0.4 is 5.73 Å². The van der Waals surface area contributed by atoms with E-state index >= 15 is 0 Å². The molecular weight excluding hydrogens is 222 g/mol. The molecular formula is C15H31N3.